The summed E-state index contributed by atoms with van der Waals surface area (Å²) in [7, 11) is 0. The topological polar surface area (TPSA) is 66.5 Å². The van der Waals surface area contributed by atoms with Gasteiger partial charge in [0.25, 0.3) is 0 Å². The lowest BCUT2D eigenvalue weighted by Crippen LogP contribution is -2.51. The molecule has 1 N–H and O–H groups in total. The molecule has 4 atom stereocenters. The zero-order valence-corrected chi connectivity index (χ0v) is 21.6. The van der Waals surface area contributed by atoms with Crippen molar-refractivity contribution in [3.05, 3.63) is 101 Å². The van der Waals surface area contributed by atoms with Gasteiger partial charge in [-0.3, -0.25) is 14.4 Å². The van der Waals surface area contributed by atoms with Crippen LogP contribution in [0.25, 0.3) is 6.08 Å². The molecule has 3 heterocycles. The molecule has 0 radical (unpaired) electrons. The minimum absolute atomic E-state index is 0.0861. The predicted octanol–water partition coefficient (Wildman–Crippen LogP) is 5.93. The van der Waals surface area contributed by atoms with Crippen LogP contribution in [-0.4, -0.2) is 29.6 Å². The Balaban J connectivity index is 1.69. The van der Waals surface area contributed by atoms with Crippen molar-refractivity contribution in [2.45, 2.75) is 38.3 Å². The van der Waals surface area contributed by atoms with Crippen molar-refractivity contribution in [1.29, 1.82) is 0 Å². The SMILES string of the molecule is CC(C)(C)C(=O)C1C(C(=O)c2ccccc2)C2(C(=O)Nc3ccccc32)C2C=Cc3cc(Cl)ccc3N12. The van der Waals surface area contributed by atoms with E-state index in [1.165, 1.54) is 0 Å². The third kappa shape index (κ3) is 3.27. The summed E-state index contributed by atoms with van der Waals surface area (Å²) >= 11 is 6.32. The van der Waals surface area contributed by atoms with E-state index in [9.17, 15) is 14.4 Å². The first-order valence-corrected chi connectivity index (χ1v) is 12.8. The van der Waals surface area contributed by atoms with Crippen LogP contribution in [0.5, 0.6) is 0 Å². The molecule has 0 bridgehead atoms. The Morgan fingerprint density at radius 1 is 0.973 bits per heavy atom. The predicted molar refractivity (Wildman–Crippen MR) is 146 cm³/mol. The third-order valence-corrected chi connectivity index (χ3v) is 8.18. The van der Waals surface area contributed by atoms with E-state index in [-0.39, 0.29) is 17.5 Å². The number of rotatable bonds is 3. The average molecular weight is 511 g/mol. The van der Waals surface area contributed by atoms with Gasteiger partial charge in [-0.1, -0.05) is 93.1 Å². The molecule has 4 unspecified atom stereocenters. The molecule has 3 aromatic rings. The number of hydrogen-bond donors (Lipinski definition) is 1. The van der Waals surface area contributed by atoms with Crippen LogP contribution >= 0.6 is 11.6 Å². The molecule has 186 valence electrons. The number of carbonyl (C=O) groups excluding carboxylic acids is 3. The molecule has 1 amide bonds. The van der Waals surface area contributed by atoms with Crippen LogP contribution in [0.2, 0.25) is 5.02 Å². The van der Waals surface area contributed by atoms with Crippen molar-refractivity contribution in [3.8, 4) is 0 Å². The molecule has 6 heteroatoms. The number of fused-ring (bicyclic) bond motifs is 6. The smallest absolute Gasteiger partial charge is 0.238 e. The summed E-state index contributed by atoms with van der Waals surface area (Å²) in [5.74, 6) is -1.50. The molecule has 1 saturated heterocycles. The van der Waals surface area contributed by atoms with E-state index >= 15 is 0 Å². The van der Waals surface area contributed by atoms with Crippen molar-refractivity contribution in [3.63, 3.8) is 0 Å². The summed E-state index contributed by atoms with van der Waals surface area (Å²) in [6.45, 7) is 5.60. The van der Waals surface area contributed by atoms with Gasteiger partial charge in [0.05, 0.1) is 12.0 Å². The molecule has 0 aromatic heterocycles. The number of ketones is 2. The number of nitrogens with zero attached hydrogens (tertiary/aromatic N) is 1. The molecule has 3 aliphatic heterocycles. The first kappa shape index (κ1) is 23.7. The molecule has 6 rings (SSSR count). The van der Waals surface area contributed by atoms with E-state index in [0.29, 0.717) is 16.3 Å². The maximum absolute atomic E-state index is 14.5. The van der Waals surface area contributed by atoms with Gasteiger partial charge in [-0.2, -0.15) is 0 Å². The van der Waals surface area contributed by atoms with Gasteiger partial charge in [0, 0.05) is 27.4 Å². The summed E-state index contributed by atoms with van der Waals surface area (Å²) in [6.07, 6.45) is 3.91. The first-order chi connectivity index (χ1) is 17.7. The lowest BCUT2D eigenvalue weighted by atomic mass is 9.63. The summed E-state index contributed by atoms with van der Waals surface area (Å²) < 4.78 is 0. The molecular formula is C31H27ClN2O3. The number of Topliss-reactive ketones (excluding diaryl/α,β-unsaturated/α-hetero) is 2. The van der Waals surface area contributed by atoms with Gasteiger partial charge in [-0.15, -0.1) is 0 Å². The standard InChI is InChI=1S/C31H27ClN2O3/c1-30(2,3)28(36)26-25(27(35)18-9-5-4-6-10-18)31(21-11-7-8-12-22(21)33-29(31)37)24-16-13-19-17-20(32)14-15-23(19)34(24)26/h4-17,24-26H,1-3H3,(H,33,37). The quantitative estimate of drug-likeness (QED) is 0.443. The minimum atomic E-state index is -1.29. The second-order valence-corrected chi connectivity index (χ2v) is 11.5. The highest BCUT2D eigenvalue weighted by Crippen LogP contribution is 2.58. The first-order valence-electron chi connectivity index (χ1n) is 12.5. The summed E-state index contributed by atoms with van der Waals surface area (Å²) in [5.41, 5.74) is 1.51. The molecular weight excluding hydrogens is 484 g/mol. The number of benzene rings is 3. The molecule has 3 aromatic carbocycles. The maximum Gasteiger partial charge on any atom is 0.238 e. The van der Waals surface area contributed by atoms with Gasteiger partial charge in [0.1, 0.15) is 11.5 Å². The normalized spacial score (nSPS) is 25.5. The average Bonchev–Trinajstić information content (AvgIpc) is 3.35. The molecule has 1 fully saturated rings. The van der Waals surface area contributed by atoms with Gasteiger partial charge >= 0.3 is 0 Å². The van der Waals surface area contributed by atoms with E-state index in [2.05, 4.69) is 5.32 Å². The lowest BCUT2D eigenvalue weighted by Gasteiger charge is -2.38. The van der Waals surface area contributed by atoms with E-state index in [0.717, 1.165) is 16.8 Å². The number of carbonyl (C=O) groups is 3. The molecule has 0 aliphatic carbocycles. The Hall–Kier alpha value is -3.70. The highest BCUT2D eigenvalue weighted by Gasteiger charge is 2.70. The van der Waals surface area contributed by atoms with Crippen molar-refractivity contribution in [2.75, 3.05) is 10.2 Å². The fourth-order valence-electron chi connectivity index (χ4n) is 6.38. The molecule has 1 spiro atoms. The monoisotopic (exact) mass is 510 g/mol. The van der Waals surface area contributed by atoms with Crippen molar-refractivity contribution in [2.24, 2.45) is 11.3 Å². The van der Waals surface area contributed by atoms with Gasteiger partial charge in [-0.25, -0.2) is 0 Å². The summed E-state index contributed by atoms with van der Waals surface area (Å²) in [5, 5.41) is 3.63. The van der Waals surface area contributed by atoms with E-state index in [4.69, 9.17) is 11.6 Å². The molecule has 3 aliphatic rings. The van der Waals surface area contributed by atoms with Gasteiger partial charge < -0.3 is 10.2 Å². The highest BCUT2D eigenvalue weighted by atomic mass is 35.5. The summed E-state index contributed by atoms with van der Waals surface area (Å²) in [6, 6.07) is 20.6. The second kappa shape index (κ2) is 8.15. The molecule has 37 heavy (non-hydrogen) atoms. The van der Waals surface area contributed by atoms with Crippen LogP contribution in [0.1, 0.15) is 42.3 Å². The Bertz CT molecular complexity index is 1490. The van der Waals surface area contributed by atoms with Crippen LogP contribution in [0.4, 0.5) is 11.4 Å². The summed E-state index contributed by atoms with van der Waals surface area (Å²) in [4.78, 5) is 45.0. The fourth-order valence-corrected chi connectivity index (χ4v) is 6.56. The second-order valence-electron chi connectivity index (χ2n) is 11.1. The van der Waals surface area contributed by atoms with Gasteiger partial charge in [-0.05, 0) is 35.4 Å². The Morgan fingerprint density at radius 2 is 1.68 bits per heavy atom. The molecule has 5 nitrogen and oxygen atoms in total. The lowest BCUT2D eigenvalue weighted by molar-refractivity contribution is -0.128. The van der Waals surface area contributed by atoms with Crippen LogP contribution < -0.4 is 10.2 Å². The van der Waals surface area contributed by atoms with Crippen molar-refractivity contribution >= 4 is 46.5 Å². The van der Waals surface area contributed by atoms with Gasteiger partial charge in [0.2, 0.25) is 5.91 Å². The van der Waals surface area contributed by atoms with E-state index < -0.39 is 28.8 Å². The van der Waals surface area contributed by atoms with Crippen molar-refractivity contribution in [1.82, 2.24) is 0 Å². The Kier molecular flexibility index (Phi) is 5.22. The largest absolute Gasteiger partial charge is 0.352 e. The van der Waals surface area contributed by atoms with Crippen LogP contribution in [0.3, 0.4) is 0 Å². The highest BCUT2D eigenvalue weighted by molar-refractivity contribution is 6.31. The van der Waals surface area contributed by atoms with Gasteiger partial charge in [0.15, 0.2) is 11.6 Å². The number of halogens is 1. The molecule has 0 saturated carbocycles. The number of anilines is 2. The minimum Gasteiger partial charge on any atom is -0.352 e. The van der Waals surface area contributed by atoms with Crippen LogP contribution in [0.15, 0.2) is 78.9 Å². The number of amides is 1. The zero-order valence-electron chi connectivity index (χ0n) is 20.9. The van der Waals surface area contributed by atoms with Crippen molar-refractivity contribution < 1.29 is 14.4 Å². The van der Waals surface area contributed by atoms with E-state index in [1.54, 1.807) is 18.2 Å². The van der Waals surface area contributed by atoms with E-state index in [1.807, 2.05) is 92.4 Å². The third-order valence-electron chi connectivity index (χ3n) is 7.94. The zero-order chi connectivity index (χ0) is 26.1. The number of para-hydroxylation sites is 1. The number of nitrogens with one attached hydrogen (secondary N) is 1. The Labute approximate surface area is 221 Å². The van der Waals surface area contributed by atoms with Crippen LogP contribution in [-0.2, 0) is 15.0 Å². The maximum atomic E-state index is 14.5. The van der Waals surface area contributed by atoms with Crippen LogP contribution in [0, 0.1) is 11.3 Å². The number of hydrogen-bond acceptors (Lipinski definition) is 4. The Morgan fingerprint density at radius 3 is 2.41 bits per heavy atom. The fraction of sp³-hybridized carbons (Fsp3) is 0.258.